The molecule has 6 heteroatoms. The summed E-state index contributed by atoms with van der Waals surface area (Å²) < 4.78 is 23.4. The second kappa shape index (κ2) is 9.09. The minimum atomic E-state index is -0.430. The number of nitrogens with one attached hydrogen (secondary N) is 1. The number of hydrazone groups is 1. The van der Waals surface area contributed by atoms with Crippen molar-refractivity contribution < 1.29 is 18.7 Å². The van der Waals surface area contributed by atoms with E-state index in [9.17, 15) is 9.18 Å². The molecule has 0 fully saturated rings. The summed E-state index contributed by atoms with van der Waals surface area (Å²) in [6.07, 6.45) is 3.12. The predicted molar refractivity (Wildman–Crippen MR) is 89.8 cm³/mol. The van der Waals surface area contributed by atoms with E-state index in [4.69, 9.17) is 9.47 Å². The molecule has 124 valence electrons. The predicted octanol–water partition coefficient (Wildman–Crippen LogP) is 2.92. The molecule has 1 N–H and O–H groups in total. The van der Waals surface area contributed by atoms with Crippen LogP contribution in [0.1, 0.15) is 5.56 Å². The van der Waals surface area contributed by atoms with Crippen LogP contribution in [-0.2, 0) is 4.79 Å². The Kier molecular flexibility index (Phi) is 6.52. The molecule has 24 heavy (non-hydrogen) atoms. The highest BCUT2D eigenvalue weighted by Crippen LogP contribution is 2.15. The molecule has 0 bridgehead atoms. The van der Waals surface area contributed by atoms with E-state index in [2.05, 4.69) is 17.1 Å². The number of carbonyl (C=O) groups is 1. The molecule has 0 spiro atoms. The Morgan fingerprint density at radius 2 is 1.92 bits per heavy atom. The number of halogens is 1. The molecule has 5 nitrogen and oxygen atoms in total. The number of rotatable bonds is 8. The number of hydrogen-bond donors (Lipinski definition) is 1. The third-order valence-corrected chi connectivity index (χ3v) is 2.85. The molecule has 1 amide bonds. The van der Waals surface area contributed by atoms with Gasteiger partial charge < -0.3 is 9.47 Å². The molecule has 0 saturated carbocycles. The van der Waals surface area contributed by atoms with Crippen molar-refractivity contribution in [1.29, 1.82) is 0 Å². The number of amides is 1. The first-order chi connectivity index (χ1) is 11.7. The van der Waals surface area contributed by atoms with Gasteiger partial charge in [-0.1, -0.05) is 24.8 Å². The van der Waals surface area contributed by atoms with E-state index in [1.807, 2.05) is 18.2 Å². The normalized spacial score (nSPS) is 10.4. The van der Waals surface area contributed by atoms with Gasteiger partial charge in [-0.05, 0) is 36.4 Å². The van der Waals surface area contributed by atoms with Gasteiger partial charge >= 0.3 is 0 Å². The third-order valence-electron chi connectivity index (χ3n) is 2.85. The lowest BCUT2D eigenvalue weighted by Gasteiger charge is -2.06. The average molecular weight is 328 g/mol. The van der Waals surface area contributed by atoms with E-state index in [0.29, 0.717) is 18.1 Å². The van der Waals surface area contributed by atoms with Crippen molar-refractivity contribution in [3.63, 3.8) is 0 Å². The lowest BCUT2D eigenvalue weighted by atomic mass is 10.2. The molecule has 0 saturated heterocycles. The third kappa shape index (κ3) is 5.57. The fraction of sp³-hybridized carbons (Fsp3) is 0.111. The molecule has 0 heterocycles. The van der Waals surface area contributed by atoms with Gasteiger partial charge in [-0.15, -0.1) is 0 Å². The van der Waals surface area contributed by atoms with Crippen molar-refractivity contribution in [3.8, 4) is 11.5 Å². The Bertz CT molecular complexity index is 714. The summed E-state index contributed by atoms with van der Waals surface area (Å²) >= 11 is 0. The van der Waals surface area contributed by atoms with E-state index in [1.165, 1.54) is 30.5 Å². The topological polar surface area (TPSA) is 59.9 Å². The summed E-state index contributed by atoms with van der Waals surface area (Å²) in [5.41, 5.74) is 3.07. The van der Waals surface area contributed by atoms with Crippen LogP contribution in [-0.4, -0.2) is 25.3 Å². The van der Waals surface area contributed by atoms with Crippen LogP contribution in [0.4, 0.5) is 4.39 Å². The van der Waals surface area contributed by atoms with Crippen molar-refractivity contribution in [2.45, 2.75) is 0 Å². The Morgan fingerprint density at radius 1 is 1.17 bits per heavy atom. The fourth-order valence-electron chi connectivity index (χ4n) is 1.75. The summed E-state index contributed by atoms with van der Waals surface area (Å²) in [4.78, 5) is 11.7. The van der Waals surface area contributed by atoms with Crippen LogP contribution in [0.3, 0.4) is 0 Å². The summed E-state index contributed by atoms with van der Waals surface area (Å²) in [6.45, 7) is 3.74. The Hall–Kier alpha value is -3.15. The van der Waals surface area contributed by atoms with Crippen LogP contribution in [0.2, 0.25) is 0 Å². The van der Waals surface area contributed by atoms with Gasteiger partial charge in [0.15, 0.2) is 6.61 Å². The van der Waals surface area contributed by atoms with Crippen LogP contribution < -0.4 is 14.9 Å². The number of para-hydroxylation sites is 1. The van der Waals surface area contributed by atoms with Gasteiger partial charge in [0.05, 0.1) is 6.21 Å². The highest BCUT2D eigenvalue weighted by Gasteiger charge is 2.03. The average Bonchev–Trinajstić information content (AvgIpc) is 2.60. The standard InChI is InChI=1S/C18H17FN2O3/c1-2-11-23-17-6-4-3-5-14(17)12-20-21-18(22)13-24-16-9-7-15(19)8-10-16/h2-10,12H,1,11,13H2,(H,21,22). The van der Waals surface area contributed by atoms with Gasteiger partial charge in [0.1, 0.15) is 23.9 Å². The summed E-state index contributed by atoms with van der Waals surface area (Å²) in [7, 11) is 0. The minimum absolute atomic E-state index is 0.225. The van der Waals surface area contributed by atoms with Gasteiger partial charge in [0.25, 0.3) is 5.91 Å². The van der Waals surface area contributed by atoms with Crippen LogP contribution >= 0.6 is 0 Å². The maximum absolute atomic E-state index is 12.8. The smallest absolute Gasteiger partial charge is 0.277 e. The molecule has 0 aliphatic carbocycles. The molecule has 0 aliphatic rings. The second-order valence-corrected chi connectivity index (χ2v) is 4.67. The van der Waals surface area contributed by atoms with Crippen molar-refractivity contribution in [2.24, 2.45) is 5.10 Å². The first-order valence-corrected chi connectivity index (χ1v) is 7.22. The lowest BCUT2D eigenvalue weighted by molar-refractivity contribution is -0.123. The maximum Gasteiger partial charge on any atom is 0.277 e. The molecule has 0 aliphatic heterocycles. The lowest BCUT2D eigenvalue weighted by Crippen LogP contribution is -2.24. The summed E-state index contributed by atoms with van der Waals surface area (Å²) in [5.74, 6) is 0.241. The monoisotopic (exact) mass is 328 g/mol. The van der Waals surface area contributed by atoms with Crippen molar-refractivity contribution in [1.82, 2.24) is 5.43 Å². The van der Waals surface area contributed by atoms with Crippen molar-refractivity contribution in [2.75, 3.05) is 13.2 Å². The van der Waals surface area contributed by atoms with E-state index in [1.54, 1.807) is 12.1 Å². The molecule has 2 aromatic carbocycles. The van der Waals surface area contributed by atoms with Gasteiger partial charge in [0.2, 0.25) is 0 Å². The van der Waals surface area contributed by atoms with Gasteiger partial charge in [-0.2, -0.15) is 5.10 Å². The maximum atomic E-state index is 12.8. The van der Waals surface area contributed by atoms with Gasteiger partial charge in [-0.25, -0.2) is 9.82 Å². The van der Waals surface area contributed by atoms with Crippen molar-refractivity contribution >= 4 is 12.1 Å². The zero-order valence-corrected chi connectivity index (χ0v) is 12.9. The highest BCUT2D eigenvalue weighted by atomic mass is 19.1. The quantitative estimate of drug-likeness (QED) is 0.460. The number of benzene rings is 2. The molecule has 2 aromatic rings. The molecule has 0 atom stereocenters. The van der Waals surface area contributed by atoms with Gasteiger partial charge in [-0.3, -0.25) is 4.79 Å². The Balaban J connectivity index is 1.83. The number of hydrogen-bond acceptors (Lipinski definition) is 4. The van der Waals surface area contributed by atoms with E-state index >= 15 is 0 Å². The van der Waals surface area contributed by atoms with Crippen LogP contribution in [0, 0.1) is 5.82 Å². The molecule has 0 radical (unpaired) electrons. The highest BCUT2D eigenvalue weighted by molar-refractivity contribution is 5.85. The summed E-state index contributed by atoms with van der Waals surface area (Å²) in [5, 5.41) is 3.87. The summed E-state index contributed by atoms with van der Waals surface area (Å²) in [6, 6.07) is 12.7. The van der Waals surface area contributed by atoms with Crippen LogP contribution in [0.15, 0.2) is 66.3 Å². The molecule has 2 rings (SSSR count). The zero-order chi connectivity index (χ0) is 17.2. The first-order valence-electron chi connectivity index (χ1n) is 7.22. The van der Waals surface area contributed by atoms with E-state index in [0.717, 1.165) is 5.56 Å². The van der Waals surface area contributed by atoms with Crippen LogP contribution in [0.5, 0.6) is 11.5 Å². The van der Waals surface area contributed by atoms with Crippen LogP contribution in [0.25, 0.3) is 0 Å². The first kappa shape index (κ1) is 17.2. The minimum Gasteiger partial charge on any atom is -0.489 e. The van der Waals surface area contributed by atoms with Crippen molar-refractivity contribution in [3.05, 3.63) is 72.6 Å². The SMILES string of the molecule is C=CCOc1ccccc1C=NNC(=O)COc1ccc(F)cc1. The molecule has 0 aromatic heterocycles. The number of nitrogens with zero attached hydrogens (tertiary/aromatic N) is 1. The Labute approximate surface area is 139 Å². The fourth-order valence-corrected chi connectivity index (χ4v) is 1.75. The number of carbonyl (C=O) groups excluding carboxylic acids is 1. The van der Waals surface area contributed by atoms with E-state index in [-0.39, 0.29) is 12.4 Å². The molecular weight excluding hydrogens is 311 g/mol. The largest absolute Gasteiger partial charge is 0.489 e. The van der Waals surface area contributed by atoms with E-state index < -0.39 is 5.91 Å². The molecular formula is C18H17FN2O3. The zero-order valence-electron chi connectivity index (χ0n) is 12.9. The Morgan fingerprint density at radius 3 is 2.67 bits per heavy atom. The number of ether oxygens (including phenoxy) is 2. The van der Waals surface area contributed by atoms with Gasteiger partial charge in [0, 0.05) is 5.56 Å². The molecule has 0 unspecified atom stereocenters. The second-order valence-electron chi connectivity index (χ2n) is 4.67.